The second-order valence-corrected chi connectivity index (χ2v) is 7.69. The van der Waals surface area contributed by atoms with Gasteiger partial charge >= 0.3 is 0 Å². The number of amides is 1. The molecule has 0 saturated carbocycles. The lowest BCUT2D eigenvalue weighted by Crippen LogP contribution is -2.33. The number of aromatic nitrogens is 5. The lowest BCUT2D eigenvalue weighted by Gasteiger charge is -2.16. The van der Waals surface area contributed by atoms with Crippen LogP contribution in [0.25, 0.3) is 17.0 Å². The van der Waals surface area contributed by atoms with Gasteiger partial charge in [0.2, 0.25) is 5.82 Å². The number of anilines is 2. The van der Waals surface area contributed by atoms with Crippen molar-refractivity contribution in [2.75, 3.05) is 31.5 Å². The Morgan fingerprint density at radius 3 is 2.81 bits per heavy atom. The first-order valence-electron chi connectivity index (χ1n) is 10.8. The van der Waals surface area contributed by atoms with Gasteiger partial charge in [0.1, 0.15) is 11.2 Å². The van der Waals surface area contributed by atoms with E-state index in [-0.39, 0.29) is 5.91 Å². The van der Waals surface area contributed by atoms with Crippen LogP contribution in [0.4, 0.5) is 11.5 Å². The highest BCUT2D eigenvalue weighted by molar-refractivity contribution is 6.00. The minimum atomic E-state index is -0.162. The van der Waals surface area contributed by atoms with Crippen molar-refractivity contribution in [3.8, 4) is 11.5 Å². The fraction of sp³-hybridized carbons (Fsp3) is 0.261. The van der Waals surface area contributed by atoms with E-state index in [1.165, 1.54) is 12.8 Å². The van der Waals surface area contributed by atoms with E-state index < -0.39 is 0 Å². The van der Waals surface area contributed by atoms with Crippen molar-refractivity contribution in [2.24, 2.45) is 0 Å². The van der Waals surface area contributed by atoms with Crippen LogP contribution in [0.15, 0.2) is 61.2 Å². The minimum absolute atomic E-state index is 0.162. The molecule has 0 aromatic carbocycles. The molecule has 9 heteroatoms. The van der Waals surface area contributed by atoms with Crippen molar-refractivity contribution in [3.63, 3.8) is 0 Å². The Labute approximate surface area is 185 Å². The molecular formula is C23H24N8O. The highest BCUT2D eigenvalue weighted by atomic mass is 16.1. The first-order chi connectivity index (χ1) is 15.8. The molecule has 5 heterocycles. The molecule has 1 aliphatic rings. The SMILES string of the molecule is O=C(NCCN1CCCC1)c1cnccc1Nc1nc(-c2ccccn2)nn2cccc12. The fourth-order valence-electron chi connectivity index (χ4n) is 3.87. The van der Waals surface area contributed by atoms with Crippen LogP contribution in [-0.4, -0.2) is 61.6 Å². The maximum atomic E-state index is 12.9. The zero-order chi connectivity index (χ0) is 21.8. The molecule has 0 radical (unpaired) electrons. The highest BCUT2D eigenvalue weighted by Gasteiger charge is 2.16. The van der Waals surface area contributed by atoms with Crippen molar-refractivity contribution in [3.05, 3.63) is 66.7 Å². The Kier molecular flexibility index (Phi) is 5.71. The van der Waals surface area contributed by atoms with E-state index in [1.54, 1.807) is 29.2 Å². The molecule has 0 aliphatic carbocycles. The first-order valence-corrected chi connectivity index (χ1v) is 10.8. The summed E-state index contributed by atoms with van der Waals surface area (Å²) in [5, 5.41) is 10.9. The van der Waals surface area contributed by atoms with E-state index in [0.717, 1.165) is 25.2 Å². The first kappa shape index (κ1) is 20.1. The number of fused-ring (bicyclic) bond motifs is 1. The van der Waals surface area contributed by atoms with Gasteiger partial charge in [-0.15, -0.1) is 5.10 Å². The van der Waals surface area contributed by atoms with Crippen LogP contribution in [0.2, 0.25) is 0 Å². The molecule has 1 saturated heterocycles. The number of carbonyl (C=O) groups excluding carboxylic acids is 1. The standard InChI is InChI=1S/C23H24N8O/c32-23(26-11-15-30-12-3-4-13-30)17-16-24-10-8-18(17)27-22-20-7-5-14-31(20)29-21(28-22)19-6-1-2-9-25-19/h1-2,5-10,14,16H,3-4,11-13,15H2,(H,26,32)(H,24,27,28,29). The number of carbonyl (C=O) groups is 1. The molecule has 1 fully saturated rings. The maximum absolute atomic E-state index is 12.9. The van der Waals surface area contributed by atoms with Gasteiger partial charge in [-0.05, 0) is 56.3 Å². The van der Waals surface area contributed by atoms with Crippen LogP contribution >= 0.6 is 0 Å². The number of hydrogen-bond donors (Lipinski definition) is 2. The van der Waals surface area contributed by atoms with Crippen LogP contribution in [0, 0.1) is 0 Å². The monoisotopic (exact) mass is 428 g/mol. The van der Waals surface area contributed by atoms with E-state index >= 15 is 0 Å². The van der Waals surface area contributed by atoms with Gasteiger partial charge in [0.05, 0.1) is 11.3 Å². The summed E-state index contributed by atoms with van der Waals surface area (Å²) >= 11 is 0. The molecule has 0 atom stereocenters. The number of pyridine rings is 2. The summed E-state index contributed by atoms with van der Waals surface area (Å²) in [5.74, 6) is 0.913. The lowest BCUT2D eigenvalue weighted by atomic mass is 10.2. The Balaban J connectivity index is 1.39. The summed E-state index contributed by atoms with van der Waals surface area (Å²) in [4.78, 5) is 28.4. The second-order valence-electron chi connectivity index (χ2n) is 7.69. The molecule has 162 valence electrons. The number of likely N-dealkylation sites (tertiary alicyclic amines) is 1. The summed E-state index contributed by atoms with van der Waals surface area (Å²) in [6.07, 6.45) is 9.26. The van der Waals surface area contributed by atoms with Crippen molar-refractivity contribution < 1.29 is 4.79 Å². The molecule has 1 aliphatic heterocycles. The van der Waals surface area contributed by atoms with Gasteiger partial charge in [-0.1, -0.05) is 6.07 Å². The lowest BCUT2D eigenvalue weighted by molar-refractivity contribution is 0.0950. The minimum Gasteiger partial charge on any atom is -0.351 e. The van der Waals surface area contributed by atoms with Crippen molar-refractivity contribution >= 4 is 22.9 Å². The summed E-state index contributed by atoms with van der Waals surface area (Å²) in [6, 6.07) is 11.2. The van der Waals surface area contributed by atoms with Crippen LogP contribution < -0.4 is 10.6 Å². The zero-order valence-corrected chi connectivity index (χ0v) is 17.6. The molecule has 0 spiro atoms. The molecule has 1 amide bonds. The van der Waals surface area contributed by atoms with Crippen LogP contribution in [0.3, 0.4) is 0 Å². The van der Waals surface area contributed by atoms with Crippen molar-refractivity contribution in [1.29, 1.82) is 0 Å². The van der Waals surface area contributed by atoms with Gasteiger partial charge in [0.15, 0.2) is 5.82 Å². The van der Waals surface area contributed by atoms with Crippen LogP contribution in [0.1, 0.15) is 23.2 Å². The van der Waals surface area contributed by atoms with Gasteiger partial charge in [-0.2, -0.15) is 0 Å². The van der Waals surface area contributed by atoms with Crippen LogP contribution in [0.5, 0.6) is 0 Å². The number of hydrogen-bond acceptors (Lipinski definition) is 7. The summed E-state index contributed by atoms with van der Waals surface area (Å²) in [7, 11) is 0. The van der Waals surface area contributed by atoms with Crippen molar-refractivity contribution in [2.45, 2.75) is 12.8 Å². The van der Waals surface area contributed by atoms with Crippen LogP contribution in [-0.2, 0) is 0 Å². The molecule has 2 N–H and O–H groups in total. The Bertz CT molecular complexity index is 1220. The second kappa shape index (κ2) is 9.11. The third-order valence-electron chi connectivity index (χ3n) is 5.52. The smallest absolute Gasteiger partial charge is 0.255 e. The summed E-state index contributed by atoms with van der Waals surface area (Å²) < 4.78 is 1.75. The third kappa shape index (κ3) is 4.28. The Morgan fingerprint density at radius 2 is 1.97 bits per heavy atom. The highest BCUT2D eigenvalue weighted by Crippen LogP contribution is 2.24. The topological polar surface area (TPSA) is 100 Å². The van der Waals surface area contributed by atoms with Gasteiger partial charge in [-0.25, -0.2) is 9.50 Å². The van der Waals surface area contributed by atoms with E-state index in [2.05, 4.69) is 35.6 Å². The van der Waals surface area contributed by atoms with Crippen molar-refractivity contribution in [1.82, 2.24) is 34.8 Å². The molecule has 0 unspecified atom stereocenters. The average molecular weight is 429 g/mol. The normalized spacial score (nSPS) is 14.0. The molecular weight excluding hydrogens is 404 g/mol. The maximum Gasteiger partial charge on any atom is 0.255 e. The summed E-state index contributed by atoms with van der Waals surface area (Å²) in [5.41, 5.74) is 2.56. The molecule has 32 heavy (non-hydrogen) atoms. The van der Waals surface area contributed by atoms with Gasteiger partial charge in [0.25, 0.3) is 5.91 Å². The molecule has 5 rings (SSSR count). The largest absolute Gasteiger partial charge is 0.351 e. The van der Waals surface area contributed by atoms with Gasteiger partial charge in [-0.3, -0.25) is 14.8 Å². The Morgan fingerprint density at radius 1 is 1.06 bits per heavy atom. The van der Waals surface area contributed by atoms with E-state index in [4.69, 9.17) is 0 Å². The predicted molar refractivity (Wildman–Crippen MR) is 122 cm³/mol. The van der Waals surface area contributed by atoms with E-state index in [9.17, 15) is 4.79 Å². The number of nitrogens with one attached hydrogen (secondary N) is 2. The van der Waals surface area contributed by atoms with Gasteiger partial charge in [0, 0.05) is 37.9 Å². The fourth-order valence-corrected chi connectivity index (χ4v) is 3.87. The number of rotatable bonds is 7. The molecule has 4 aromatic heterocycles. The molecule has 9 nitrogen and oxygen atoms in total. The third-order valence-corrected chi connectivity index (χ3v) is 5.52. The Hall–Kier alpha value is -3.85. The van der Waals surface area contributed by atoms with E-state index in [0.29, 0.717) is 35.1 Å². The zero-order valence-electron chi connectivity index (χ0n) is 17.6. The predicted octanol–water partition coefficient (Wildman–Crippen LogP) is 2.76. The quantitative estimate of drug-likeness (QED) is 0.467. The van der Waals surface area contributed by atoms with Gasteiger partial charge < -0.3 is 15.5 Å². The van der Waals surface area contributed by atoms with E-state index in [1.807, 2.05) is 36.5 Å². The average Bonchev–Trinajstić information content (AvgIpc) is 3.52. The molecule has 4 aromatic rings. The summed E-state index contributed by atoms with van der Waals surface area (Å²) in [6.45, 7) is 3.68. The number of nitrogens with zero attached hydrogens (tertiary/aromatic N) is 6. The molecule has 0 bridgehead atoms.